The van der Waals surface area contributed by atoms with Crippen LogP contribution in [-0.2, 0) is 21.1 Å². The first kappa shape index (κ1) is 19.3. The van der Waals surface area contributed by atoms with Crippen LogP contribution in [0.25, 0.3) is 0 Å². The quantitative estimate of drug-likeness (QED) is 0.191. The molecular weight excluding hydrogens is 350 g/mol. The van der Waals surface area contributed by atoms with Gasteiger partial charge < -0.3 is 17.0 Å². The van der Waals surface area contributed by atoms with Gasteiger partial charge in [-0.25, -0.2) is 9.13 Å². The van der Waals surface area contributed by atoms with E-state index in [9.17, 15) is 0 Å². The van der Waals surface area contributed by atoms with Crippen LogP contribution in [0.3, 0.4) is 0 Å². The maximum absolute atomic E-state index is 4.33. The molecule has 2 aromatic heterocycles. The SMILES string of the molecule is Cn1cc[n+](C)c1N=NC(=NN=c1ccccn1C)c1ccccc1.[Cl-]. The highest BCUT2D eigenvalue weighted by Crippen LogP contribution is 2.08. The fraction of sp³-hybridized carbons (Fsp3) is 0.167. The van der Waals surface area contributed by atoms with E-state index in [1.54, 1.807) is 0 Å². The monoisotopic (exact) mass is 369 g/mol. The summed E-state index contributed by atoms with van der Waals surface area (Å²) in [6.07, 6.45) is 5.76. The van der Waals surface area contributed by atoms with Crippen LogP contribution in [-0.4, -0.2) is 15.0 Å². The lowest BCUT2D eigenvalue weighted by molar-refractivity contribution is -0.657. The first-order valence-corrected chi connectivity index (χ1v) is 7.86. The normalized spacial score (nSPS) is 12.4. The zero-order valence-electron chi connectivity index (χ0n) is 14.9. The number of azo groups is 1. The Morgan fingerprint density at radius 3 is 2.31 bits per heavy atom. The highest BCUT2D eigenvalue weighted by Gasteiger charge is 2.12. The lowest BCUT2D eigenvalue weighted by atomic mass is 10.2. The first-order valence-electron chi connectivity index (χ1n) is 7.86. The van der Waals surface area contributed by atoms with E-state index in [4.69, 9.17) is 0 Å². The summed E-state index contributed by atoms with van der Waals surface area (Å²) >= 11 is 0. The Balaban J connectivity index is 0.00000243. The van der Waals surface area contributed by atoms with Crippen molar-refractivity contribution in [3.05, 3.63) is 78.2 Å². The van der Waals surface area contributed by atoms with Gasteiger partial charge in [-0.05, 0) is 17.2 Å². The molecule has 0 amide bonds. The number of aromatic nitrogens is 3. The van der Waals surface area contributed by atoms with Crippen LogP contribution in [0.1, 0.15) is 5.56 Å². The molecule has 1 aromatic carbocycles. The Bertz CT molecular complexity index is 965. The summed E-state index contributed by atoms with van der Waals surface area (Å²) in [6, 6.07) is 15.4. The second-order valence-electron chi connectivity index (χ2n) is 5.58. The van der Waals surface area contributed by atoms with Gasteiger partial charge in [0.25, 0.3) is 0 Å². The third-order valence-corrected chi connectivity index (χ3v) is 3.69. The van der Waals surface area contributed by atoms with Gasteiger partial charge in [-0.1, -0.05) is 36.4 Å². The maximum Gasteiger partial charge on any atom is 0.421 e. The van der Waals surface area contributed by atoms with E-state index in [0.717, 1.165) is 11.1 Å². The number of benzene rings is 1. The number of aryl methyl sites for hydroxylation is 3. The minimum atomic E-state index is 0. The molecule has 0 unspecified atom stereocenters. The van der Waals surface area contributed by atoms with Crippen LogP contribution >= 0.6 is 0 Å². The summed E-state index contributed by atoms with van der Waals surface area (Å²) in [4.78, 5) is 0. The maximum atomic E-state index is 4.33. The van der Waals surface area contributed by atoms with E-state index in [2.05, 4.69) is 20.4 Å². The van der Waals surface area contributed by atoms with Gasteiger partial charge in [0.15, 0.2) is 5.49 Å². The number of hydrogen-bond donors (Lipinski definition) is 0. The number of pyridine rings is 1. The third-order valence-electron chi connectivity index (χ3n) is 3.69. The number of hydrogen-bond acceptors (Lipinski definition) is 3. The summed E-state index contributed by atoms with van der Waals surface area (Å²) in [5, 5.41) is 17.3. The zero-order chi connectivity index (χ0) is 17.6. The number of nitrogens with zero attached hydrogens (tertiary/aromatic N) is 7. The predicted molar refractivity (Wildman–Crippen MR) is 95.1 cm³/mol. The summed E-state index contributed by atoms with van der Waals surface area (Å²) in [6.45, 7) is 0. The molecule has 3 aromatic rings. The number of rotatable bonds is 3. The van der Waals surface area contributed by atoms with Gasteiger partial charge in [0, 0.05) is 23.9 Å². The highest BCUT2D eigenvalue weighted by molar-refractivity contribution is 5.99. The Morgan fingerprint density at radius 1 is 0.923 bits per heavy atom. The summed E-state index contributed by atoms with van der Waals surface area (Å²) < 4.78 is 5.67. The van der Waals surface area contributed by atoms with Crippen molar-refractivity contribution in [2.45, 2.75) is 0 Å². The van der Waals surface area contributed by atoms with Gasteiger partial charge in [0.2, 0.25) is 5.84 Å². The van der Waals surface area contributed by atoms with Crippen molar-refractivity contribution in [2.75, 3.05) is 0 Å². The van der Waals surface area contributed by atoms with Crippen LogP contribution in [0.15, 0.2) is 87.6 Å². The van der Waals surface area contributed by atoms with Gasteiger partial charge in [-0.3, -0.25) is 0 Å². The van der Waals surface area contributed by atoms with Gasteiger partial charge in [-0.2, -0.15) is 0 Å². The summed E-state index contributed by atoms with van der Waals surface area (Å²) in [5.41, 5.74) is 1.58. The molecule has 0 aliphatic rings. The standard InChI is InChI=1S/C18H20N7.ClH/c1-23-12-8-7-11-16(23)19-20-17(15-9-5-4-6-10-15)21-22-18-24(2)13-14-25(18)3;/h4-14H,1-3H3;1H/q+1;/p-1. The molecule has 8 heteroatoms. The molecule has 134 valence electrons. The molecule has 7 nitrogen and oxygen atoms in total. The van der Waals surface area contributed by atoms with Crippen molar-refractivity contribution in [3.63, 3.8) is 0 Å². The second kappa shape index (κ2) is 8.87. The van der Waals surface area contributed by atoms with Gasteiger partial charge in [-0.15, -0.1) is 10.2 Å². The second-order valence-corrected chi connectivity index (χ2v) is 5.58. The van der Waals surface area contributed by atoms with Crippen LogP contribution in [0.2, 0.25) is 0 Å². The molecule has 0 saturated heterocycles. The highest BCUT2D eigenvalue weighted by atomic mass is 35.5. The lowest BCUT2D eigenvalue weighted by Gasteiger charge is -1.98. The molecule has 0 aliphatic heterocycles. The number of imidazole rings is 1. The molecule has 0 saturated carbocycles. The van der Waals surface area contributed by atoms with Crippen molar-refractivity contribution >= 4 is 11.8 Å². The van der Waals surface area contributed by atoms with E-state index < -0.39 is 0 Å². The van der Waals surface area contributed by atoms with E-state index in [0.29, 0.717) is 11.8 Å². The molecule has 0 N–H and O–H groups in total. The van der Waals surface area contributed by atoms with Gasteiger partial charge >= 0.3 is 5.95 Å². The molecule has 3 rings (SSSR count). The molecule has 26 heavy (non-hydrogen) atoms. The van der Waals surface area contributed by atoms with E-state index >= 15 is 0 Å². The summed E-state index contributed by atoms with van der Waals surface area (Å²) in [7, 11) is 5.76. The van der Waals surface area contributed by atoms with Gasteiger partial charge in [0.1, 0.15) is 0 Å². The first-order chi connectivity index (χ1) is 12.1. The van der Waals surface area contributed by atoms with Crippen molar-refractivity contribution in [1.29, 1.82) is 0 Å². The number of halogens is 1. The van der Waals surface area contributed by atoms with Crippen molar-refractivity contribution in [2.24, 2.45) is 41.6 Å². The third kappa shape index (κ3) is 4.52. The average molecular weight is 370 g/mol. The van der Waals surface area contributed by atoms with Crippen molar-refractivity contribution in [1.82, 2.24) is 9.13 Å². The molecule has 0 spiro atoms. The van der Waals surface area contributed by atoms with Crippen molar-refractivity contribution in [3.8, 4) is 0 Å². The molecular formula is C18H20ClN7. The molecule has 0 aliphatic carbocycles. The molecule has 2 heterocycles. The lowest BCUT2D eigenvalue weighted by Crippen LogP contribution is -3.00. The molecule has 0 fully saturated rings. The Kier molecular flexibility index (Phi) is 6.57. The van der Waals surface area contributed by atoms with E-state index in [1.165, 1.54) is 0 Å². The minimum absolute atomic E-state index is 0. The zero-order valence-corrected chi connectivity index (χ0v) is 15.6. The van der Waals surface area contributed by atoms with Crippen LogP contribution in [0.4, 0.5) is 5.95 Å². The topological polar surface area (TPSA) is 63.2 Å². The van der Waals surface area contributed by atoms with Crippen LogP contribution < -0.4 is 22.5 Å². The molecule has 0 radical (unpaired) electrons. The molecule has 0 atom stereocenters. The predicted octanol–water partition coefficient (Wildman–Crippen LogP) is -0.761. The molecule has 0 bridgehead atoms. The fourth-order valence-corrected chi connectivity index (χ4v) is 2.25. The number of amidine groups is 1. The Morgan fingerprint density at radius 2 is 1.65 bits per heavy atom. The van der Waals surface area contributed by atoms with Gasteiger partial charge in [0.05, 0.1) is 26.5 Å². The van der Waals surface area contributed by atoms with Crippen LogP contribution in [0.5, 0.6) is 0 Å². The van der Waals surface area contributed by atoms with E-state index in [-0.39, 0.29) is 12.4 Å². The Labute approximate surface area is 158 Å². The summed E-state index contributed by atoms with van der Waals surface area (Å²) in [5.74, 6) is 1.17. The van der Waals surface area contributed by atoms with Crippen molar-refractivity contribution < 1.29 is 17.0 Å². The minimum Gasteiger partial charge on any atom is -1.00 e. The average Bonchev–Trinajstić information content (AvgIpc) is 2.95. The van der Waals surface area contributed by atoms with E-state index in [1.807, 2.05) is 102 Å². The fourth-order valence-electron chi connectivity index (χ4n) is 2.25. The van der Waals surface area contributed by atoms with Crippen LogP contribution in [0, 0.1) is 0 Å². The Hall–Kier alpha value is -3.06. The largest absolute Gasteiger partial charge is 1.00 e. The smallest absolute Gasteiger partial charge is 0.421 e.